The van der Waals surface area contributed by atoms with E-state index in [1.54, 1.807) is 0 Å². The molecule has 0 aromatic carbocycles. The van der Waals surface area contributed by atoms with Gasteiger partial charge in [0.05, 0.1) is 0 Å². The molecule has 3 unspecified atom stereocenters. The maximum Gasteiger partial charge on any atom is 0.0277 e. The van der Waals surface area contributed by atoms with Crippen LogP contribution in [0, 0.1) is 5.92 Å². The lowest BCUT2D eigenvalue weighted by Crippen LogP contribution is -2.52. The van der Waals surface area contributed by atoms with Gasteiger partial charge in [-0.2, -0.15) is 0 Å². The summed E-state index contributed by atoms with van der Waals surface area (Å²) in [5.41, 5.74) is 0.341. The topological polar surface area (TPSA) is 15.3 Å². The maximum absolute atomic E-state index is 3.75. The van der Waals surface area contributed by atoms with Crippen LogP contribution in [0.4, 0.5) is 0 Å². The van der Waals surface area contributed by atoms with E-state index in [1.165, 1.54) is 58.2 Å². The van der Waals surface area contributed by atoms with Crippen LogP contribution in [0.25, 0.3) is 0 Å². The first-order valence-electron chi connectivity index (χ1n) is 7.64. The van der Waals surface area contributed by atoms with Crippen LogP contribution in [0.2, 0.25) is 0 Å². The van der Waals surface area contributed by atoms with Gasteiger partial charge in [0.1, 0.15) is 0 Å². The monoisotopic (exact) mass is 238 g/mol. The van der Waals surface area contributed by atoms with Crippen LogP contribution in [0.5, 0.6) is 0 Å². The van der Waals surface area contributed by atoms with Gasteiger partial charge in [-0.3, -0.25) is 4.90 Å². The van der Waals surface area contributed by atoms with E-state index in [4.69, 9.17) is 0 Å². The van der Waals surface area contributed by atoms with Crippen molar-refractivity contribution >= 4 is 0 Å². The molecule has 0 amide bonds. The first kappa shape index (κ1) is 13.4. The fraction of sp³-hybridized carbons (Fsp3) is 1.00. The third-order valence-electron chi connectivity index (χ3n) is 5.04. The summed E-state index contributed by atoms with van der Waals surface area (Å²) >= 11 is 0. The van der Waals surface area contributed by atoms with Gasteiger partial charge in [0.15, 0.2) is 0 Å². The Morgan fingerprint density at radius 3 is 2.71 bits per heavy atom. The van der Waals surface area contributed by atoms with Gasteiger partial charge in [0.25, 0.3) is 0 Å². The first-order valence-corrected chi connectivity index (χ1v) is 7.64. The molecule has 0 bridgehead atoms. The number of nitrogens with one attached hydrogen (secondary N) is 1. The molecule has 0 aromatic rings. The molecule has 17 heavy (non-hydrogen) atoms. The van der Waals surface area contributed by atoms with Crippen molar-refractivity contribution in [3.05, 3.63) is 0 Å². The van der Waals surface area contributed by atoms with Gasteiger partial charge < -0.3 is 5.32 Å². The van der Waals surface area contributed by atoms with Crippen LogP contribution in [0.15, 0.2) is 0 Å². The predicted octanol–water partition coefficient (Wildman–Crippen LogP) is 3.03. The Balaban J connectivity index is 2.02. The molecule has 1 aliphatic carbocycles. The SMILES string of the molecule is CCC1(C)CN(C2CCCCC2C)CCCN1. The summed E-state index contributed by atoms with van der Waals surface area (Å²) < 4.78 is 0. The predicted molar refractivity (Wildman–Crippen MR) is 74.3 cm³/mol. The zero-order valence-corrected chi connectivity index (χ0v) is 12.0. The Labute approximate surface area is 107 Å². The van der Waals surface area contributed by atoms with Gasteiger partial charge >= 0.3 is 0 Å². The molecule has 2 fully saturated rings. The molecule has 0 radical (unpaired) electrons. The third kappa shape index (κ3) is 3.23. The lowest BCUT2D eigenvalue weighted by atomic mass is 9.84. The summed E-state index contributed by atoms with van der Waals surface area (Å²) in [6.45, 7) is 10.9. The number of hydrogen-bond acceptors (Lipinski definition) is 2. The Hall–Kier alpha value is -0.0800. The molecular weight excluding hydrogens is 208 g/mol. The van der Waals surface area contributed by atoms with Crippen molar-refractivity contribution in [3.63, 3.8) is 0 Å². The van der Waals surface area contributed by atoms with Gasteiger partial charge in [-0.1, -0.05) is 26.7 Å². The zero-order chi connectivity index (χ0) is 12.3. The molecule has 3 atom stereocenters. The lowest BCUT2D eigenvalue weighted by Gasteiger charge is -2.41. The molecule has 1 aliphatic heterocycles. The van der Waals surface area contributed by atoms with Crippen molar-refractivity contribution < 1.29 is 0 Å². The van der Waals surface area contributed by atoms with E-state index in [1.807, 2.05) is 0 Å². The minimum absolute atomic E-state index is 0.341. The van der Waals surface area contributed by atoms with Crippen LogP contribution in [0.1, 0.15) is 59.3 Å². The van der Waals surface area contributed by atoms with Gasteiger partial charge in [-0.05, 0) is 51.6 Å². The number of nitrogens with zero attached hydrogens (tertiary/aromatic N) is 1. The molecule has 2 aliphatic rings. The number of rotatable bonds is 2. The Bertz CT molecular complexity index is 241. The average molecular weight is 238 g/mol. The molecule has 2 nitrogen and oxygen atoms in total. The lowest BCUT2D eigenvalue weighted by molar-refractivity contribution is 0.0928. The summed E-state index contributed by atoms with van der Waals surface area (Å²) in [6.07, 6.45) is 8.33. The van der Waals surface area contributed by atoms with Crippen LogP contribution < -0.4 is 5.32 Å². The van der Waals surface area contributed by atoms with Crippen molar-refractivity contribution in [1.82, 2.24) is 10.2 Å². The zero-order valence-electron chi connectivity index (χ0n) is 12.0. The highest BCUT2D eigenvalue weighted by Gasteiger charge is 2.33. The van der Waals surface area contributed by atoms with Gasteiger partial charge in [-0.15, -0.1) is 0 Å². The minimum atomic E-state index is 0.341. The summed E-state index contributed by atoms with van der Waals surface area (Å²) in [6, 6.07) is 0.856. The largest absolute Gasteiger partial charge is 0.310 e. The Morgan fingerprint density at radius 2 is 2.00 bits per heavy atom. The third-order valence-corrected chi connectivity index (χ3v) is 5.04. The van der Waals surface area contributed by atoms with Gasteiger partial charge in [0, 0.05) is 18.1 Å². The Morgan fingerprint density at radius 1 is 1.24 bits per heavy atom. The second kappa shape index (κ2) is 5.71. The molecule has 1 saturated carbocycles. The molecule has 0 aromatic heterocycles. The normalized spacial score (nSPS) is 41.1. The van der Waals surface area contributed by atoms with Crippen LogP contribution in [-0.2, 0) is 0 Å². The number of hydrogen-bond donors (Lipinski definition) is 1. The molecule has 2 rings (SSSR count). The molecule has 1 heterocycles. The average Bonchev–Trinajstić information content (AvgIpc) is 2.53. The fourth-order valence-corrected chi connectivity index (χ4v) is 3.61. The minimum Gasteiger partial charge on any atom is -0.310 e. The van der Waals surface area contributed by atoms with E-state index in [0.29, 0.717) is 5.54 Å². The van der Waals surface area contributed by atoms with E-state index < -0.39 is 0 Å². The van der Waals surface area contributed by atoms with Crippen LogP contribution >= 0.6 is 0 Å². The molecule has 1 saturated heterocycles. The van der Waals surface area contributed by atoms with E-state index in [2.05, 4.69) is 31.0 Å². The van der Waals surface area contributed by atoms with Gasteiger partial charge in [0.2, 0.25) is 0 Å². The highest BCUT2D eigenvalue weighted by atomic mass is 15.2. The van der Waals surface area contributed by atoms with Crippen molar-refractivity contribution in [1.29, 1.82) is 0 Å². The summed E-state index contributed by atoms with van der Waals surface area (Å²) in [4.78, 5) is 2.80. The second-order valence-electron chi connectivity index (χ2n) is 6.49. The van der Waals surface area contributed by atoms with Gasteiger partial charge in [-0.25, -0.2) is 0 Å². The van der Waals surface area contributed by atoms with E-state index >= 15 is 0 Å². The van der Waals surface area contributed by atoms with Crippen molar-refractivity contribution in [2.75, 3.05) is 19.6 Å². The van der Waals surface area contributed by atoms with Crippen molar-refractivity contribution in [2.45, 2.75) is 70.9 Å². The smallest absolute Gasteiger partial charge is 0.0277 e. The summed E-state index contributed by atoms with van der Waals surface area (Å²) in [5.74, 6) is 0.906. The van der Waals surface area contributed by atoms with E-state index in [9.17, 15) is 0 Å². The molecular formula is C15H30N2. The molecule has 1 N–H and O–H groups in total. The fourth-order valence-electron chi connectivity index (χ4n) is 3.61. The van der Waals surface area contributed by atoms with Crippen LogP contribution in [-0.4, -0.2) is 36.1 Å². The quantitative estimate of drug-likeness (QED) is 0.795. The maximum atomic E-state index is 3.75. The van der Waals surface area contributed by atoms with E-state index in [-0.39, 0.29) is 0 Å². The second-order valence-corrected chi connectivity index (χ2v) is 6.49. The molecule has 0 spiro atoms. The van der Waals surface area contributed by atoms with Crippen LogP contribution in [0.3, 0.4) is 0 Å². The van der Waals surface area contributed by atoms with Crippen molar-refractivity contribution in [2.24, 2.45) is 5.92 Å². The highest BCUT2D eigenvalue weighted by Crippen LogP contribution is 2.30. The molecule has 100 valence electrons. The van der Waals surface area contributed by atoms with Crippen molar-refractivity contribution in [3.8, 4) is 0 Å². The standard InChI is InChI=1S/C15H30N2/c1-4-15(3)12-17(11-7-10-16-15)14-9-6-5-8-13(14)2/h13-14,16H,4-12H2,1-3H3. The summed E-state index contributed by atoms with van der Waals surface area (Å²) in [5, 5.41) is 3.75. The Kier molecular flexibility index (Phi) is 4.48. The first-order chi connectivity index (χ1) is 8.14. The highest BCUT2D eigenvalue weighted by molar-refractivity contribution is 4.92. The summed E-state index contributed by atoms with van der Waals surface area (Å²) in [7, 11) is 0. The van der Waals surface area contributed by atoms with E-state index in [0.717, 1.165) is 12.0 Å². The molecule has 2 heteroatoms.